The van der Waals surface area contributed by atoms with Crippen LogP contribution in [0.4, 0.5) is 0 Å². The van der Waals surface area contributed by atoms with Crippen molar-refractivity contribution in [2.45, 2.75) is 44.0 Å². The number of rotatable bonds is 4. The standard InChI is InChI=1S/C17H27NO2S/c1-12-5-6-15(11-13(12)2)17(18-3)14-7-9-16(10-8-14)21(4,19)20/h7-10,12-13,15,17-18H,5-6,11H2,1-4H3. The molecule has 1 N–H and O–H groups in total. The van der Waals surface area contributed by atoms with E-state index in [0.29, 0.717) is 16.9 Å². The van der Waals surface area contributed by atoms with E-state index in [9.17, 15) is 8.42 Å². The number of sulfone groups is 1. The molecule has 2 rings (SSSR count). The van der Waals surface area contributed by atoms with Crippen molar-refractivity contribution >= 4 is 9.84 Å². The number of benzene rings is 1. The highest BCUT2D eigenvalue weighted by Gasteiger charge is 2.30. The van der Waals surface area contributed by atoms with Gasteiger partial charge in [-0.3, -0.25) is 0 Å². The molecule has 0 heterocycles. The van der Waals surface area contributed by atoms with Crippen molar-refractivity contribution in [1.29, 1.82) is 0 Å². The highest BCUT2D eigenvalue weighted by Crippen LogP contribution is 2.39. The third kappa shape index (κ3) is 3.86. The summed E-state index contributed by atoms with van der Waals surface area (Å²) in [5, 5.41) is 3.43. The summed E-state index contributed by atoms with van der Waals surface area (Å²) in [4.78, 5) is 0.395. The molecule has 1 aromatic carbocycles. The lowest BCUT2D eigenvalue weighted by atomic mass is 9.72. The fourth-order valence-corrected chi connectivity index (χ4v) is 4.12. The first-order valence-electron chi connectivity index (χ1n) is 7.80. The Balaban J connectivity index is 2.18. The molecule has 3 nitrogen and oxygen atoms in total. The lowest BCUT2D eigenvalue weighted by Crippen LogP contribution is -2.31. The van der Waals surface area contributed by atoms with E-state index in [1.165, 1.54) is 31.1 Å². The molecule has 0 radical (unpaired) electrons. The van der Waals surface area contributed by atoms with Gasteiger partial charge in [0.05, 0.1) is 4.90 Å². The van der Waals surface area contributed by atoms with Gasteiger partial charge in [-0.2, -0.15) is 0 Å². The van der Waals surface area contributed by atoms with Gasteiger partial charge < -0.3 is 5.32 Å². The van der Waals surface area contributed by atoms with Crippen molar-refractivity contribution in [3.63, 3.8) is 0 Å². The second-order valence-corrected chi connectivity index (χ2v) is 8.65. The average molecular weight is 309 g/mol. The van der Waals surface area contributed by atoms with Crippen LogP contribution in [-0.2, 0) is 9.84 Å². The summed E-state index contributed by atoms with van der Waals surface area (Å²) in [6.45, 7) is 4.69. The Hall–Kier alpha value is -0.870. The first-order chi connectivity index (χ1) is 9.82. The summed E-state index contributed by atoms with van der Waals surface area (Å²) < 4.78 is 23.1. The second kappa shape index (κ2) is 6.49. The minimum atomic E-state index is -3.11. The van der Waals surface area contributed by atoms with Crippen LogP contribution in [0.15, 0.2) is 29.2 Å². The van der Waals surface area contributed by atoms with Crippen molar-refractivity contribution in [3.8, 4) is 0 Å². The van der Waals surface area contributed by atoms with E-state index in [2.05, 4.69) is 19.2 Å². The summed E-state index contributed by atoms with van der Waals surface area (Å²) >= 11 is 0. The molecule has 0 saturated heterocycles. The fourth-order valence-electron chi connectivity index (χ4n) is 3.49. The Labute approximate surface area is 129 Å². The van der Waals surface area contributed by atoms with Crippen molar-refractivity contribution in [3.05, 3.63) is 29.8 Å². The Morgan fingerprint density at radius 2 is 1.71 bits per heavy atom. The Kier molecular flexibility index (Phi) is 5.10. The smallest absolute Gasteiger partial charge is 0.175 e. The van der Waals surface area contributed by atoms with Gasteiger partial charge in [-0.15, -0.1) is 0 Å². The minimum Gasteiger partial charge on any atom is -0.313 e. The van der Waals surface area contributed by atoms with Gasteiger partial charge in [0.25, 0.3) is 0 Å². The molecule has 0 bridgehead atoms. The van der Waals surface area contributed by atoms with Crippen LogP contribution >= 0.6 is 0 Å². The van der Waals surface area contributed by atoms with Crippen LogP contribution in [0.5, 0.6) is 0 Å². The van der Waals surface area contributed by atoms with Gasteiger partial charge >= 0.3 is 0 Å². The van der Waals surface area contributed by atoms with Crippen LogP contribution in [0.2, 0.25) is 0 Å². The van der Waals surface area contributed by atoms with Crippen LogP contribution in [0.3, 0.4) is 0 Å². The van der Waals surface area contributed by atoms with Crippen molar-refractivity contribution in [2.24, 2.45) is 17.8 Å². The summed E-state index contributed by atoms with van der Waals surface area (Å²) in [5.41, 5.74) is 1.19. The Bertz CT molecular complexity index is 565. The molecule has 1 fully saturated rings. The van der Waals surface area contributed by atoms with E-state index in [0.717, 1.165) is 11.8 Å². The maximum absolute atomic E-state index is 11.5. The van der Waals surface area contributed by atoms with E-state index in [4.69, 9.17) is 0 Å². The summed E-state index contributed by atoms with van der Waals surface area (Å²) in [7, 11) is -1.12. The zero-order valence-electron chi connectivity index (χ0n) is 13.5. The first kappa shape index (κ1) is 16.5. The van der Waals surface area contributed by atoms with E-state index >= 15 is 0 Å². The summed E-state index contributed by atoms with van der Waals surface area (Å²) in [6.07, 6.45) is 5.01. The molecule has 1 aliphatic carbocycles. The molecule has 0 spiro atoms. The molecule has 0 aromatic heterocycles. The topological polar surface area (TPSA) is 46.2 Å². The molecule has 4 unspecified atom stereocenters. The minimum absolute atomic E-state index is 0.313. The normalized spacial score (nSPS) is 28.3. The first-order valence-corrected chi connectivity index (χ1v) is 9.69. The molecule has 21 heavy (non-hydrogen) atoms. The van der Waals surface area contributed by atoms with Crippen LogP contribution in [0, 0.1) is 17.8 Å². The van der Waals surface area contributed by atoms with Gasteiger partial charge in [0.15, 0.2) is 9.84 Å². The molecule has 1 aromatic rings. The van der Waals surface area contributed by atoms with Gasteiger partial charge in [-0.05, 0) is 55.3 Å². The zero-order valence-corrected chi connectivity index (χ0v) is 14.3. The molecule has 0 aliphatic heterocycles. The zero-order chi connectivity index (χ0) is 15.6. The third-order valence-electron chi connectivity index (χ3n) is 5.09. The number of nitrogens with one attached hydrogen (secondary N) is 1. The van der Waals surface area contributed by atoms with Gasteiger partial charge in [0.1, 0.15) is 0 Å². The summed E-state index contributed by atoms with van der Waals surface area (Å²) in [5.74, 6) is 2.20. The Morgan fingerprint density at radius 3 is 2.19 bits per heavy atom. The lowest BCUT2D eigenvalue weighted by Gasteiger charge is -2.37. The maximum atomic E-state index is 11.5. The molecular weight excluding hydrogens is 282 g/mol. The monoisotopic (exact) mass is 309 g/mol. The fraction of sp³-hybridized carbons (Fsp3) is 0.647. The van der Waals surface area contributed by atoms with E-state index in [-0.39, 0.29) is 0 Å². The van der Waals surface area contributed by atoms with E-state index < -0.39 is 9.84 Å². The molecule has 0 amide bonds. The second-order valence-electron chi connectivity index (χ2n) is 6.64. The molecule has 118 valence electrons. The van der Waals surface area contributed by atoms with Gasteiger partial charge in [-0.25, -0.2) is 8.42 Å². The predicted molar refractivity (Wildman–Crippen MR) is 87.0 cm³/mol. The van der Waals surface area contributed by atoms with Crippen LogP contribution < -0.4 is 5.32 Å². The maximum Gasteiger partial charge on any atom is 0.175 e. The average Bonchev–Trinajstić information content (AvgIpc) is 2.43. The highest BCUT2D eigenvalue weighted by atomic mass is 32.2. The predicted octanol–water partition coefficient (Wildman–Crippen LogP) is 3.42. The molecule has 1 saturated carbocycles. The van der Waals surface area contributed by atoms with Crippen molar-refractivity contribution in [2.75, 3.05) is 13.3 Å². The lowest BCUT2D eigenvalue weighted by molar-refractivity contribution is 0.174. The summed E-state index contributed by atoms with van der Waals surface area (Å²) in [6, 6.07) is 7.68. The van der Waals surface area contributed by atoms with Crippen LogP contribution in [0.1, 0.15) is 44.7 Å². The highest BCUT2D eigenvalue weighted by molar-refractivity contribution is 7.90. The molecular formula is C17H27NO2S. The van der Waals surface area contributed by atoms with E-state index in [1.54, 1.807) is 12.1 Å². The van der Waals surface area contributed by atoms with E-state index in [1.807, 2.05) is 19.2 Å². The SMILES string of the molecule is CNC(c1ccc(S(C)(=O)=O)cc1)C1CCC(C)C(C)C1. The molecule has 1 aliphatic rings. The van der Waals surface area contributed by atoms with Crippen molar-refractivity contribution < 1.29 is 8.42 Å². The molecule has 4 atom stereocenters. The Morgan fingerprint density at radius 1 is 1.10 bits per heavy atom. The van der Waals surface area contributed by atoms with Crippen LogP contribution in [0.25, 0.3) is 0 Å². The quantitative estimate of drug-likeness (QED) is 0.927. The van der Waals surface area contributed by atoms with Crippen LogP contribution in [-0.4, -0.2) is 21.7 Å². The van der Waals surface area contributed by atoms with Gasteiger partial charge in [-0.1, -0.05) is 32.4 Å². The molecule has 4 heteroatoms. The van der Waals surface area contributed by atoms with Gasteiger partial charge in [0.2, 0.25) is 0 Å². The number of hydrogen-bond acceptors (Lipinski definition) is 3. The van der Waals surface area contributed by atoms with Crippen molar-refractivity contribution in [1.82, 2.24) is 5.32 Å². The largest absolute Gasteiger partial charge is 0.313 e. The third-order valence-corrected chi connectivity index (χ3v) is 6.22. The van der Waals surface area contributed by atoms with Gasteiger partial charge in [0, 0.05) is 12.3 Å². The number of hydrogen-bond donors (Lipinski definition) is 1.